The summed E-state index contributed by atoms with van der Waals surface area (Å²) in [6.07, 6.45) is 7.19. The first-order chi connectivity index (χ1) is 8.24. The van der Waals surface area contributed by atoms with E-state index in [-0.39, 0.29) is 24.0 Å². The van der Waals surface area contributed by atoms with E-state index in [1.54, 1.807) is 0 Å². The predicted molar refractivity (Wildman–Crippen MR) is 88.4 cm³/mol. The lowest BCUT2D eigenvalue weighted by atomic mass is 9.86. The number of rotatable bonds is 5. The monoisotopic (exact) mass is 365 g/mol. The Hall–Kier alpha value is 0. The molecule has 3 unspecified atom stereocenters. The molecule has 2 rings (SSSR count). The largest absolute Gasteiger partial charge is 0.370 e. The zero-order valence-corrected chi connectivity index (χ0v) is 14.1. The Balaban J connectivity index is 0.00000162. The van der Waals surface area contributed by atoms with E-state index >= 15 is 0 Å². The molecule has 18 heavy (non-hydrogen) atoms. The Morgan fingerprint density at radius 3 is 2.44 bits per heavy atom. The van der Waals surface area contributed by atoms with E-state index in [0.717, 1.165) is 43.3 Å². The second kappa shape index (κ2) is 7.56. The quantitative estimate of drug-likeness (QED) is 0.462. The summed E-state index contributed by atoms with van der Waals surface area (Å²) in [4.78, 5) is 6.66. The summed E-state index contributed by atoms with van der Waals surface area (Å²) in [7, 11) is 0. The van der Waals surface area contributed by atoms with Crippen LogP contribution in [0.25, 0.3) is 0 Å². The molecule has 0 saturated heterocycles. The van der Waals surface area contributed by atoms with Crippen molar-refractivity contribution in [3.05, 3.63) is 0 Å². The molecule has 2 N–H and O–H groups in total. The minimum Gasteiger partial charge on any atom is -0.370 e. The average Bonchev–Trinajstić information content (AvgIpc) is 2.92. The highest BCUT2D eigenvalue weighted by Gasteiger charge is 2.38. The fourth-order valence-corrected chi connectivity index (χ4v) is 3.72. The summed E-state index contributed by atoms with van der Waals surface area (Å²) < 4.78 is 0. The second-order valence-electron chi connectivity index (χ2n) is 5.64. The van der Waals surface area contributed by atoms with E-state index in [2.05, 4.69) is 23.7 Å². The number of halogens is 1. The molecule has 2 aliphatic rings. The van der Waals surface area contributed by atoms with Crippen LogP contribution in [0.5, 0.6) is 0 Å². The van der Waals surface area contributed by atoms with Crippen LogP contribution in [-0.4, -0.2) is 30.5 Å². The maximum absolute atomic E-state index is 5.98. The molecule has 2 fully saturated rings. The molecule has 0 heterocycles. The van der Waals surface area contributed by atoms with Crippen molar-refractivity contribution in [2.75, 3.05) is 19.6 Å². The van der Waals surface area contributed by atoms with Crippen LogP contribution >= 0.6 is 24.0 Å². The zero-order valence-electron chi connectivity index (χ0n) is 11.8. The van der Waals surface area contributed by atoms with Crippen LogP contribution in [0.2, 0.25) is 0 Å². The summed E-state index contributed by atoms with van der Waals surface area (Å²) in [5.74, 6) is 3.75. The van der Waals surface area contributed by atoms with Crippen molar-refractivity contribution in [3.63, 3.8) is 0 Å². The average molecular weight is 365 g/mol. The number of nitrogens with zero attached hydrogens (tertiary/aromatic N) is 2. The van der Waals surface area contributed by atoms with Crippen molar-refractivity contribution in [3.8, 4) is 0 Å². The molecule has 2 bridgehead atoms. The summed E-state index contributed by atoms with van der Waals surface area (Å²) in [5, 5.41) is 0. The van der Waals surface area contributed by atoms with E-state index < -0.39 is 0 Å². The third-order valence-corrected chi connectivity index (χ3v) is 4.75. The Labute approximate surface area is 129 Å². The molecule has 3 atom stereocenters. The van der Waals surface area contributed by atoms with Crippen LogP contribution in [0.4, 0.5) is 0 Å². The van der Waals surface area contributed by atoms with Gasteiger partial charge in [-0.25, -0.2) is 0 Å². The summed E-state index contributed by atoms with van der Waals surface area (Å²) >= 11 is 0. The number of aliphatic imine (C=N–C) groups is 1. The molecule has 0 aromatic rings. The van der Waals surface area contributed by atoms with Crippen LogP contribution in [0, 0.1) is 17.8 Å². The van der Waals surface area contributed by atoms with Gasteiger partial charge in [-0.05, 0) is 57.3 Å². The van der Waals surface area contributed by atoms with Gasteiger partial charge < -0.3 is 10.6 Å². The highest BCUT2D eigenvalue weighted by atomic mass is 127. The Bertz CT molecular complexity index is 276. The second-order valence-corrected chi connectivity index (χ2v) is 5.64. The number of guanidine groups is 1. The van der Waals surface area contributed by atoms with Crippen molar-refractivity contribution in [2.24, 2.45) is 28.5 Å². The predicted octanol–water partition coefficient (Wildman–Crippen LogP) is 3.09. The smallest absolute Gasteiger partial charge is 0.191 e. The van der Waals surface area contributed by atoms with Crippen molar-refractivity contribution in [1.29, 1.82) is 0 Å². The molecule has 0 aliphatic heterocycles. The lowest BCUT2D eigenvalue weighted by Crippen LogP contribution is -2.37. The van der Waals surface area contributed by atoms with Gasteiger partial charge in [-0.3, -0.25) is 4.99 Å². The van der Waals surface area contributed by atoms with Crippen molar-refractivity contribution in [1.82, 2.24) is 4.90 Å². The van der Waals surface area contributed by atoms with E-state index in [1.807, 2.05) is 0 Å². The minimum atomic E-state index is 0. The maximum atomic E-state index is 5.98. The molecule has 4 heteroatoms. The molecule has 106 valence electrons. The molecule has 0 aromatic heterocycles. The van der Waals surface area contributed by atoms with Gasteiger partial charge in [0.1, 0.15) is 0 Å². The van der Waals surface area contributed by atoms with Gasteiger partial charge in [0.05, 0.1) is 0 Å². The molecule has 0 amide bonds. The normalized spacial score (nSPS) is 30.3. The molecule has 3 nitrogen and oxygen atoms in total. The Morgan fingerprint density at radius 2 is 1.94 bits per heavy atom. The van der Waals surface area contributed by atoms with Crippen molar-refractivity contribution < 1.29 is 0 Å². The van der Waals surface area contributed by atoms with Gasteiger partial charge in [0, 0.05) is 19.6 Å². The van der Waals surface area contributed by atoms with Crippen LogP contribution in [-0.2, 0) is 0 Å². The highest BCUT2D eigenvalue weighted by molar-refractivity contribution is 14.0. The number of fused-ring (bicyclic) bond motifs is 2. The van der Waals surface area contributed by atoms with Crippen molar-refractivity contribution >= 4 is 29.9 Å². The number of hydrogen-bond donors (Lipinski definition) is 1. The SMILES string of the molecule is CCN(CC)C(N)=NCCC1CC2CCC1C2.I. The Kier molecular flexibility index (Phi) is 6.74. The van der Waals surface area contributed by atoms with Gasteiger partial charge in [0.25, 0.3) is 0 Å². The first-order valence-electron chi connectivity index (χ1n) is 7.29. The van der Waals surface area contributed by atoms with Gasteiger partial charge >= 0.3 is 0 Å². The van der Waals surface area contributed by atoms with Gasteiger partial charge in [-0.15, -0.1) is 24.0 Å². The maximum Gasteiger partial charge on any atom is 0.191 e. The number of hydrogen-bond acceptors (Lipinski definition) is 1. The van der Waals surface area contributed by atoms with Crippen LogP contribution in [0.3, 0.4) is 0 Å². The lowest BCUT2D eigenvalue weighted by Gasteiger charge is -2.22. The molecular weight excluding hydrogens is 337 g/mol. The fourth-order valence-electron chi connectivity index (χ4n) is 3.72. The Morgan fingerprint density at radius 1 is 1.22 bits per heavy atom. The van der Waals surface area contributed by atoms with E-state index in [0.29, 0.717) is 0 Å². The number of nitrogens with two attached hydrogens (primary N) is 1. The van der Waals surface area contributed by atoms with E-state index in [1.165, 1.54) is 32.1 Å². The molecule has 0 spiro atoms. The fraction of sp³-hybridized carbons (Fsp3) is 0.929. The van der Waals surface area contributed by atoms with E-state index in [9.17, 15) is 0 Å². The standard InChI is InChI=1S/C14H27N3.HI/c1-3-17(4-2)14(15)16-8-7-13-10-11-5-6-12(13)9-11;/h11-13H,3-10H2,1-2H3,(H2,15,16);1H. The minimum absolute atomic E-state index is 0. The molecular formula is C14H28IN3. The van der Waals surface area contributed by atoms with Gasteiger partial charge in [0.15, 0.2) is 5.96 Å². The van der Waals surface area contributed by atoms with Gasteiger partial charge in [0.2, 0.25) is 0 Å². The van der Waals surface area contributed by atoms with Gasteiger partial charge in [-0.2, -0.15) is 0 Å². The van der Waals surface area contributed by atoms with E-state index in [4.69, 9.17) is 5.73 Å². The van der Waals surface area contributed by atoms with Crippen LogP contribution in [0.1, 0.15) is 46.0 Å². The zero-order chi connectivity index (χ0) is 12.3. The topological polar surface area (TPSA) is 41.6 Å². The molecule has 0 aromatic carbocycles. The summed E-state index contributed by atoms with van der Waals surface area (Å²) in [5.41, 5.74) is 5.98. The summed E-state index contributed by atoms with van der Waals surface area (Å²) in [6.45, 7) is 7.10. The highest BCUT2D eigenvalue weighted by Crippen LogP contribution is 2.49. The first kappa shape index (κ1) is 16.1. The van der Waals surface area contributed by atoms with Gasteiger partial charge in [-0.1, -0.05) is 6.42 Å². The first-order valence-corrected chi connectivity index (χ1v) is 7.29. The molecule has 2 saturated carbocycles. The van der Waals surface area contributed by atoms with Crippen LogP contribution in [0.15, 0.2) is 4.99 Å². The van der Waals surface area contributed by atoms with Crippen molar-refractivity contribution in [2.45, 2.75) is 46.0 Å². The summed E-state index contributed by atoms with van der Waals surface area (Å²) in [6, 6.07) is 0. The third kappa shape index (κ3) is 3.75. The molecule has 0 radical (unpaired) electrons. The lowest BCUT2D eigenvalue weighted by molar-refractivity contribution is 0.318. The third-order valence-electron chi connectivity index (χ3n) is 4.75. The van der Waals surface area contributed by atoms with Crippen LogP contribution < -0.4 is 5.73 Å². The molecule has 2 aliphatic carbocycles.